The summed E-state index contributed by atoms with van der Waals surface area (Å²) in [6.07, 6.45) is 4.20. The molecule has 4 heteroatoms. The molecule has 0 aliphatic heterocycles. The van der Waals surface area contributed by atoms with E-state index in [0.29, 0.717) is 11.3 Å². The highest BCUT2D eigenvalue weighted by molar-refractivity contribution is 5.94. The summed E-state index contributed by atoms with van der Waals surface area (Å²) in [6, 6.07) is 15.9. The van der Waals surface area contributed by atoms with Gasteiger partial charge >= 0.3 is 5.97 Å². The molecule has 2 aromatic rings. The quantitative estimate of drug-likeness (QED) is 0.342. The van der Waals surface area contributed by atoms with Gasteiger partial charge < -0.3 is 5.73 Å². The van der Waals surface area contributed by atoms with Crippen LogP contribution in [-0.4, -0.2) is 11.6 Å². The van der Waals surface area contributed by atoms with Gasteiger partial charge in [-0.15, -0.1) is 0 Å². The highest BCUT2D eigenvalue weighted by Crippen LogP contribution is 2.19. The molecule has 0 saturated heterocycles. The first-order chi connectivity index (χ1) is 11.8. The normalized spacial score (nSPS) is 11.3. The highest BCUT2D eigenvalue weighted by Gasteiger charge is 2.18. The van der Waals surface area contributed by atoms with Crippen LogP contribution >= 0.6 is 0 Å². The number of benzene rings is 2. The van der Waals surface area contributed by atoms with Crippen molar-refractivity contribution in [3.63, 3.8) is 0 Å². The molecule has 0 heterocycles. The van der Waals surface area contributed by atoms with E-state index >= 15 is 0 Å². The van der Waals surface area contributed by atoms with Gasteiger partial charge in [0.05, 0.1) is 5.56 Å². The number of carbonyl (C=O) groups is 1. The van der Waals surface area contributed by atoms with E-state index in [1.165, 1.54) is 5.56 Å². The van der Waals surface area contributed by atoms with Crippen molar-refractivity contribution in [3.05, 3.63) is 65.2 Å². The fourth-order valence-corrected chi connectivity index (χ4v) is 2.46. The summed E-state index contributed by atoms with van der Waals surface area (Å²) < 4.78 is 0. The third-order valence-corrected chi connectivity index (χ3v) is 3.73. The number of nitrogens with two attached hydrogens (primary N) is 1. The van der Waals surface area contributed by atoms with E-state index in [1.807, 2.05) is 39.0 Å². The zero-order chi connectivity index (χ0) is 18.3. The van der Waals surface area contributed by atoms with Gasteiger partial charge in [-0.1, -0.05) is 36.4 Å². The van der Waals surface area contributed by atoms with Gasteiger partial charge in [0.15, 0.2) is 0 Å². The highest BCUT2D eigenvalue weighted by atomic mass is 17.2. The Morgan fingerprint density at radius 2 is 1.60 bits per heavy atom. The van der Waals surface area contributed by atoms with Crippen molar-refractivity contribution >= 4 is 11.7 Å². The number of hydrogen-bond acceptors (Lipinski definition) is 4. The summed E-state index contributed by atoms with van der Waals surface area (Å²) >= 11 is 0. The first kappa shape index (κ1) is 19.0. The molecule has 0 amide bonds. The molecule has 134 valence electrons. The molecule has 2 rings (SSSR count). The van der Waals surface area contributed by atoms with Crippen molar-refractivity contribution in [2.45, 2.75) is 52.1 Å². The van der Waals surface area contributed by atoms with Crippen molar-refractivity contribution in [1.82, 2.24) is 0 Å². The summed E-state index contributed by atoms with van der Waals surface area (Å²) in [4.78, 5) is 21.9. The number of rotatable bonds is 7. The minimum atomic E-state index is -0.567. The van der Waals surface area contributed by atoms with Gasteiger partial charge in [0.25, 0.3) is 0 Å². The van der Waals surface area contributed by atoms with Crippen LogP contribution in [0.2, 0.25) is 0 Å². The molecule has 0 saturated carbocycles. The van der Waals surface area contributed by atoms with Gasteiger partial charge in [-0.05, 0) is 69.7 Å². The number of carbonyl (C=O) groups excluding carboxylic acids is 1. The fraction of sp³-hybridized carbons (Fsp3) is 0.381. The fourth-order valence-electron chi connectivity index (χ4n) is 2.46. The smallest absolute Gasteiger partial charge is 0.375 e. The van der Waals surface area contributed by atoms with Crippen LogP contribution in [-0.2, 0) is 22.6 Å². The van der Waals surface area contributed by atoms with Crippen molar-refractivity contribution in [3.8, 4) is 0 Å². The van der Waals surface area contributed by atoms with Crippen LogP contribution in [0.15, 0.2) is 48.5 Å². The lowest BCUT2D eigenvalue weighted by Crippen LogP contribution is -2.22. The second kappa shape index (κ2) is 8.67. The molecule has 2 aromatic carbocycles. The van der Waals surface area contributed by atoms with Gasteiger partial charge in [0.2, 0.25) is 0 Å². The summed E-state index contributed by atoms with van der Waals surface area (Å²) in [5.74, 6) is -0.567. The standard InChI is InChI=1S/C21H27NO3/c1-21(2,3)25-24-20(23)18-14-13-17(15-19(18)22)12-8-7-11-16-9-5-4-6-10-16/h4-6,9-10,13-15H,7-8,11-12,22H2,1-3H3. The minimum absolute atomic E-state index is 0.331. The van der Waals surface area contributed by atoms with E-state index < -0.39 is 11.6 Å². The van der Waals surface area contributed by atoms with E-state index in [0.717, 1.165) is 31.2 Å². The first-order valence-electron chi connectivity index (χ1n) is 8.67. The van der Waals surface area contributed by atoms with Crippen LogP contribution in [0.4, 0.5) is 5.69 Å². The number of nitrogen functional groups attached to an aromatic ring is 1. The number of aryl methyl sites for hydroxylation is 2. The number of hydrogen-bond donors (Lipinski definition) is 1. The van der Waals surface area contributed by atoms with Crippen molar-refractivity contribution in [2.24, 2.45) is 0 Å². The van der Waals surface area contributed by atoms with Crippen molar-refractivity contribution in [1.29, 1.82) is 0 Å². The maximum absolute atomic E-state index is 12.0. The van der Waals surface area contributed by atoms with Gasteiger partial charge in [-0.2, -0.15) is 4.89 Å². The molecule has 0 aliphatic rings. The van der Waals surface area contributed by atoms with Gasteiger partial charge in [0.1, 0.15) is 5.60 Å². The first-order valence-corrected chi connectivity index (χ1v) is 8.67. The lowest BCUT2D eigenvalue weighted by atomic mass is 10.0. The van der Waals surface area contributed by atoms with Crippen molar-refractivity contribution < 1.29 is 14.6 Å². The minimum Gasteiger partial charge on any atom is -0.398 e. The molecule has 0 unspecified atom stereocenters. The largest absolute Gasteiger partial charge is 0.398 e. The molecular formula is C21H27NO3. The Labute approximate surface area is 149 Å². The van der Waals surface area contributed by atoms with Crippen LogP contribution in [0.1, 0.15) is 55.1 Å². The summed E-state index contributed by atoms with van der Waals surface area (Å²) in [5.41, 5.74) is 8.68. The Bertz CT molecular complexity index is 690. The van der Waals surface area contributed by atoms with Gasteiger partial charge in [-0.25, -0.2) is 4.79 Å². The van der Waals surface area contributed by atoms with Crippen LogP contribution in [0.3, 0.4) is 0 Å². The Hall–Kier alpha value is -2.33. The second-order valence-corrected chi connectivity index (χ2v) is 7.18. The van der Waals surface area contributed by atoms with Gasteiger partial charge in [0, 0.05) is 5.69 Å². The summed E-state index contributed by atoms with van der Waals surface area (Å²) in [5, 5.41) is 0. The van der Waals surface area contributed by atoms with E-state index in [9.17, 15) is 4.79 Å². The number of unbranched alkanes of at least 4 members (excludes halogenated alkanes) is 1. The Kier molecular flexibility index (Phi) is 6.59. The van der Waals surface area contributed by atoms with Crippen LogP contribution in [0.25, 0.3) is 0 Å². The zero-order valence-electron chi connectivity index (χ0n) is 15.2. The Morgan fingerprint density at radius 1 is 0.960 bits per heavy atom. The van der Waals surface area contributed by atoms with E-state index in [-0.39, 0.29) is 0 Å². The number of anilines is 1. The molecule has 0 radical (unpaired) electrons. The van der Waals surface area contributed by atoms with Crippen LogP contribution < -0.4 is 5.73 Å². The predicted octanol–water partition coefficient (Wildman–Crippen LogP) is 4.72. The Morgan fingerprint density at radius 3 is 2.20 bits per heavy atom. The molecular weight excluding hydrogens is 314 g/mol. The molecule has 2 N–H and O–H groups in total. The maximum Gasteiger partial charge on any atom is 0.375 e. The van der Waals surface area contributed by atoms with Crippen LogP contribution in [0.5, 0.6) is 0 Å². The molecule has 0 atom stereocenters. The molecule has 0 fully saturated rings. The molecule has 0 bridgehead atoms. The third-order valence-electron chi connectivity index (χ3n) is 3.73. The maximum atomic E-state index is 12.0. The van der Waals surface area contributed by atoms with E-state index in [4.69, 9.17) is 15.5 Å². The average Bonchev–Trinajstić information content (AvgIpc) is 2.57. The summed E-state index contributed by atoms with van der Waals surface area (Å²) in [6.45, 7) is 5.42. The monoisotopic (exact) mass is 341 g/mol. The predicted molar refractivity (Wildman–Crippen MR) is 100 cm³/mol. The average molecular weight is 341 g/mol. The van der Waals surface area contributed by atoms with Crippen LogP contribution in [0, 0.1) is 0 Å². The lowest BCUT2D eigenvalue weighted by molar-refractivity contribution is -0.301. The van der Waals surface area contributed by atoms with Crippen molar-refractivity contribution in [2.75, 3.05) is 5.73 Å². The molecule has 0 spiro atoms. The van der Waals surface area contributed by atoms with Gasteiger partial charge in [-0.3, -0.25) is 4.89 Å². The zero-order valence-corrected chi connectivity index (χ0v) is 15.2. The van der Waals surface area contributed by atoms with E-state index in [2.05, 4.69) is 24.3 Å². The lowest BCUT2D eigenvalue weighted by Gasteiger charge is -2.17. The molecule has 0 aromatic heterocycles. The third kappa shape index (κ3) is 6.59. The Balaban J connectivity index is 1.83. The molecule has 0 aliphatic carbocycles. The van der Waals surface area contributed by atoms with E-state index in [1.54, 1.807) is 6.07 Å². The SMILES string of the molecule is CC(C)(C)OOC(=O)c1ccc(CCCCc2ccccc2)cc1N. The molecule has 25 heavy (non-hydrogen) atoms. The second-order valence-electron chi connectivity index (χ2n) is 7.18. The topological polar surface area (TPSA) is 61.5 Å². The summed E-state index contributed by atoms with van der Waals surface area (Å²) in [7, 11) is 0. The molecule has 4 nitrogen and oxygen atoms in total.